The molecule has 1 aromatic carbocycles. The van der Waals surface area contributed by atoms with Crippen LogP contribution in [0.25, 0.3) is 11.3 Å². The predicted molar refractivity (Wildman–Crippen MR) is 111 cm³/mol. The molecular weight excluding hydrogens is 429 g/mol. The van der Waals surface area contributed by atoms with Crippen molar-refractivity contribution in [1.82, 2.24) is 14.7 Å². The Hall–Kier alpha value is -2.38. The topological polar surface area (TPSA) is 98.6 Å². The highest BCUT2D eigenvalue weighted by atomic mass is 32.2. The fourth-order valence-electron chi connectivity index (χ4n) is 3.58. The second kappa shape index (κ2) is 8.28. The number of sulfonamides is 1. The second-order valence-corrected chi connectivity index (χ2v) is 11.3. The first kappa shape index (κ1) is 23.3. The third-order valence-corrected chi connectivity index (χ3v) is 7.79. The van der Waals surface area contributed by atoms with E-state index in [4.69, 9.17) is 5.26 Å². The lowest BCUT2D eigenvalue weighted by Gasteiger charge is -2.30. The van der Waals surface area contributed by atoms with E-state index in [0.29, 0.717) is 31.2 Å². The van der Waals surface area contributed by atoms with Crippen LogP contribution in [0.1, 0.15) is 69.5 Å². The number of nitrogens with zero attached hydrogens (tertiary/aromatic N) is 2. The van der Waals surface area contributed by atoms with Gasteiger partial charge in [0.05, 0.1) is 16.4 Å². The summed E-state index contributed by atoms with van der Waals surface area (Å²) in [4.78, 5) is 6.73. The lowest BCUT2D eigenvalue weighted by molar-refractivity contribution is -0.140. The summed E-state index contributed by atoms with van der Waals surface area (Å²) >= 11 is 0. The number of rotatable bonds is 4. The molecule has 6 nitrogen and oxygen atoms in total. The zero-order valence-corrected chi connectivity index (χ0v) is 18.4. The lowest BCUT2D eigenvalue weighted by Crippen LogP contribution is -2.45. The highest BCUT2D eigenvalue weighted by Crippen LogP contribution is 2.39. The molecule has 1 aliphatic rings. The van der Waals surface area contributed by atoms with Crippen LogP contribution in [-0.4, -0.2) is 29.2 Å². The van der Waals surface area contributed by atoms with Gasteiger partial charge in [-0.2, -0.15) is 18.4 Å². The van der Waals surface area contributed by atoms with E-state index in [1.54, 1.807) is 20.8 Å². The van der Waals surface area contributed by atoms with Crippen LogP contribution < -0.4 is 4.72 Å². The van der Waals surface area contributed by atoms with E-state index in [9.17, 15) is 21.6 Å². The smallest absolute Gasteiger partial charge is 0.338 e. The molecular formula is C21H25F3N4O2S. The largest absolute Gasteiger partial charge is 0.433 e. The van der Waals surface area contributed by atoms with Gasteiger partial charge in [0.1, 0.15) is 17.2 Å². The zero-order valence-electron chi connectivity index (χ0n) is 17.5. The number of imidazole rings is 1. The summed E-state index contributed by atoms with van der Waals surface area (Å²) in [6, 6.07) is 7.51. The molecule has 0 amide bonds. The molecule has 31 heavy (non-hydrogen) atoms. The molecule has 1 aromatic heterocycles. The van der Waals surface area contributed by atoms with Crippen LogP contribution in [0.2, 0.25) is 0 Å². The first-order valence-corrected chi connectivity index (χ1v) is 11.5. The van der Waals surface area contributed by atoms with E-state index in [2.05, 4.69) is 14.7 Å². The van der Waals surface area contributed by atoms with Crippen LogP contribution in [0.4, 0.5) is 13.2 Å². The Balaban J connectivity index is 1.80. The van der Waals surface area contributed by atoms with Crippen molar-refractivity contribution in [3.05, 3.63) is 41.3 Å². The fraction of sp³-hybridized carbons (Fsp3) is 0.524. The van der Waals surface area contributed by atoms with Crippen molar-refractivity contribution in [3.63, 3.8) is 0 Å². The van der Waals surface area contributed by atoms with E-state index in [1.807, 2.05) is 6.07 Å². The molecule has 10 heteroatoms. The SMILES string of the molecule is CC(C)(C)S(=O)(=O)NC1CCC(c2nc(-c3ccc(C#N)cc3)c(C(F)(F)F)[nH]2)CC1. The number of nitriles is 1. The Morgan fingerprint density at radius 2 is 1.68 bits per heavy atom. The summed E-state index contributed by atoms with van der Waals surface area (Å²) < 4.78 is 67.4. The van der Waals surface area contributed by atoms with Crippen LogP contribution in [0.5, 0.6) is 0 Å². The van der Waals surface area contributed by atoms with Crippen LogP contribution in [0.15, 0.2) is 24.3 Å². The number of halogens is 3. The monoisotopic (exact) mass is 454 g/mol. The van der Waals surface area contributed by atoms with Crippen molar-refractivity contribution in [2.45, 2.75) is 69.3 Å². The van der Waals surface area contributed by atoms with Gasteiger partial charge in [0, 0.05) is 17.5 Å². The Bertz CT molecular complexity index is 1070. The van der Waals surface area contributed by atoms with Crippen molar-refractivity contribution in [2.24, 2.45) is 0 Å². The fourth-order valence-corrected chi connectivity index (χ4v) is 4.61. The zero-order chi connectivity index (χ0) is 23.0. The Kier molecular flexibility index (Phi) is 6.22. The normalized spacial score (nSPS) is 20.4. The van der Waals surface area contributed by atoms with E-state index < -0.39 is 26.6 Å². The minimum absolute atomic E-state index is 0.192. The molecule has 1 saturated carbocycles. The minimum Gasteiger partial charge on any atom is -0.338 e. The molecule has 0 spiro atoms. The molecule has 0 unspecified atom stereocenters. The van der Waals surface area contributed by atoms with Gasteiger partial charge in [-0.05, 0) is 58.6 Å². The summed E-state index contributed by atoms with van der Waals surface area (Å²) in [6.07, 6.45) is -2.51. The number of benzene rings is 1. The van der Waals surface area contributed by atoms with Gasteiger partial charge in [0.25, 0.3) is 0 Å². The van der Waals surface area contributed by atoms with Gasteiger partial charge < -0.3 is 4.98 Å². The summed E-state index contributed by atoms with van der Waals surface area (Å²) in [6.45, 7) is 4.85. The van der Waals surface area contributed by atoms with Crippen molar-refractivity contribution in [1.29, 1.82) is 5.26 Å². The molecule has 168 valence electrons. The highest BCUT2D eigenvalue weighted by molar-refractivity contribution is 7.90. The summed E-state index contributed by atoms with van der Waals surface area (Å²) in [5.74, 6) is 0.0347. The highest BCUT2D eigenvalue weighted by Gasteiger charge is 2.39. The van der Waals surface area contributed by atoms with Crippen LogP contribution in [-0.2, 0) is 16.2 Å². The van der Waals surface area contributed by atoms with Crippen LogP contribution in [0, 0.1) is 11.3 Å². The van der Waals surface area contributed by atoms with E-state index >= 15 is 0 Å². The predicted octanol–water partition coefficient (Wildman–Crippen LogP) is 4.71. The second-order valence-electron chi connectivity index (χ2n) is 8.81. The van der Waals surface area contributed by atoms with Crippen molar-refractivity contribution < 1.29 is 21.6 Å². The van der Waals surface area contributed by atoms with E-state index in [0.717, 1.165) is 0 Å². The third-order valence-electron chi connectivity index (χ3n) is 5.53. The maximum atomic E-state index is 13.6. The third kappa shape index (κ3) is 5.10. The summed E-state index contributed by atoms with van der Waals surface area (Å²) in [5.41, 5.74) is -0.477. The van der Waals surface area contributed by atoms with Gasteiger partial charge >= 0.3 is 6.18 Å². The molecule has 0 bridgehead atoms. The number of H-pyrrole nitrogens is 1. The molecule has 0 saturated heterocycles. The molecule has 0 aliphatic heterocycles. The summed E-state index contributed by atoms with van der Waals surface area (Å²) in [5, 5.41) is 8.90. The summed E-state index contributed by atoms with van der Waals surface area (Å²) in [7, 11) is -3.49. The molecule has 2 aromatic rings. The maximum Gasteiger partial charge on any atom is 0.433 e. The Morgan fingerprint density at radius 1 is 1.10 bits per heavy atom. The van der Waals surface area contributed by atoms with Crippen LogP contribution >= 0.6 is 0 Å². The molecule has 1 aliphatic carbocycles. The van der Waals surface area contributed by atoms with Crippen molar-refractivity contribution in [2.75, 3.05) is 0 Å². The van der Waals surface area contributed by atoms with Crippen LogP contribution in [0.3, 0.4) is 0 Å². The first-order chi connectivity index (χ1) is 14.3. The van der Waals surface area contributed by atoms with E-state index in [-0.39, 0.29) is 29.0 Å². The van der Waals surface area contributed by atoms with Gasteiger partial charge in [-0.3, -0.25) is 0 Å². The van der Waals surface area contributed by atoms with Crippen molar-refractivity contribution in [3.8, 4) is 17.3 Å². The Labute approximate surface area is 179 Å². The van der Waals surface area contributed by atoms with Crippen molar-refractivity contribution >= 4 is 10.0 Å². The molecule has 1 heterocycles. The Morgan fingerprint density at radius 3 is 2.16 bits per heavy atom. The minimum atomic E-state index is -4.60. The molecule has 2 N–H and O–H groups in total. The number of hydrogen-bond donors (Lipinski definition) is 2. The molecule has 1 fully saturated rings. The van der Waals surface area contributed by atoms with Gasteiger partial charge in [0.2, 0.25) is 10.0 Å². The molecule has 0 radical (unpaired) electrons. The standard InChI is InChI=1S/C21H25F3N4O2S/c1-20(2,3)31(29,30)28-16-10-8-15(9-11-16)19-26-17(18(27-19)21(22,23)24)14-6-4-13(12-25)5-7-14/h4-7,15-16,28H,8-11H2,1-3H3,(H,26,27). The van der Waals surface area contributed by atoms with Gasteiger partial charge in [0.15, 0.2) is 0 Å². The first-order valence-electron chi connectivity index (χ1n) is 10.0. The van der Waals surface area contributed by atoms with E-state index in [1.165, 1.54) is 24.3 Å². The van der Waals surface area contributed by atoms with Gasteiger partial charge in [-0.1, -0.05) is 12.1 Å². The number of aromatic nitrogens is 2. The number of aromatic amines is 1. The van der Waals surface area contributed by atoms with Gasteiger partial charge in [-0.25, -0.2) is 18.1 Å². The number of nitrogens with one attached hydrogen (secondary N) is 2. The number of hydrogen-bond acceptors (Lipinski definition) is 4. The molecule has 0 atom stereocenters. The number of alkyl halides is 3. The average Bonchev–Trinajstić information content (AvgIpc) is 3.13. The average molecular weight is 455 g/mol. The lowest BCUT2D eigenvalue weighted by atomic mass is 9.86. The quantitative estimate of drug-likeness (QED) is 0.699. The molecule has 3 rings (SSSR count). The van der Waals surface area contributed by atoms with Gasteiger partial charge in [-0.15, -0.1) is 0 Å². The maximum absolute atomic E-state index is 13.6.